The molecule has 2 radical (unpaired) electrons. The maximum absolute atomic E-state index is 5.24. The van der Waals surface area contributed by atoms with Gasteiger partial charge in [0.1, 0.15) is 6.61 Å². The van der Waals surface area contributed by atoms with Crippen LogP contribution in [0.2, 0.25) is 0 Å². The fourth-order valence-electron chi connectivity index (χ4n) is 0.613. The number of ether oxygens (including phenoxy) is 1. The topological polar surface area (TPSA) is 21.6 Å². The quantitative estimate of drug-likeness (QED) is 0.455. The highest BCUT2D eigenvalue weighted by Crippen LogP contribution is 2.15. The number of nitrogens with zero attached hydrogens (tertiary/aromatic N) is 1. The van der Waals surface area contributed by atoms with Gasteiger partial charge in [0.05, 0.1) is 12.5 Å². The first kappa shape index (κ1) is 5.60. The van der Waals surface area contributed by atoms with Crippen LogP contribution in [0.1, 0.15) is 13.8 Å². The summed E-state index contributed by atoms with van der Waals surface area (Å²) in [4.78, 5) is 3.99. The van der Waals surface area contributed by atoms with Crippen LogP contribution < -0.4 is 0 Å². The zero-order chi connectivity index (χ0) is 6.20. The molecule has 0 saturated heterocycles. The lowest BCUT2D eigenvalue weighted by molar-refractivity contribution is 0.280. The molecule has 0 amide bonds. The lowest BCUT2D eigenvalue weighted by atomic mass is 10.1. The molecule has 0 aromatic carbocycles. The molecule has 0 fully saturated rings. The van der Waals surface area contributed by atoms with Crippen molar-refractivity contribution in [3.8, 4) is 0 Å². The van der Waals surface area contributed by atoms with Gasteiger partial charge in [-0.1, -0.05) is 0 Å². The van der Waals surface area contributed by atoms with Crippen LogP contribution in [0.3, 0.4) is 0 Å². The first-order chi connectivity index (χ1) is 3.60. The van der Waals surface area contributed by atoms with E-state index in [1.165, 1.54) is 0 Å². The molecule has 0 aliphatic carbocycles. The van der Waals surface area contributed by atoms with Gasteiger partial charge in [0.25, 0.3) is 0 Å². The largest absolute Gasteiger partial charge is 0.478 e. The van der Waals surface area contributed by atoms with Crippen molar-refractivity contribution in [1.29, 1.82) is 0 Å². The monoisotopic (exact) mass is 111 g/mol. The molecule has 0 saturated carbocycles. The first-order valence-corrected chi connectivity index (χ1v) is 2.58. The third-order valence-corrected chi connectivity index (χ3v) is 0.986. The van der Waals surface area contributed by atoms with Crippen LogP contribution >= 0.6 is 0 Å². The normalized spacial score (nSPS) is 24.6. The van der Waals surface area contributed by atoms with Crippen molar-refractivity contribution < 1.29 is 4.74 Å². The third kappa shape index (κ3) is 0.997. The highest BCUT2D eigenvalue weighted by molar-refractivity contribution is 5.82. The number of hydrogen-bond donors (Lipinski definition) is 0. The van der Waals surface area contributed by atoms with E-state index in [1.807, 2.05) is 13.8 Å². The average Bonchev–Trinajstić information content (AvgIpc) is 1.82. The van der Waals surface area contributed by atoms with Crippen LogP contribution in [0.4, 0.5) is 0 Å². The van der Waals surface area contributed by atoms with Gasteiger partial charge < -0.3 is 4.74 Å². The summed E-state index contributed by atoms with van der Waals surface area (Å²) in [5.41, 5.74) is -0.0932. The zero-order valence-electron chi connectivity index (χ0n) is 5.14. The standard InChI is InChI=1S/C6H9NO/c1-5-7-6(2,3)4-8-5/h1H,4H2,2-3H3. The second-order valence-corrected chi connectivity index (χ2v) is 2.55. The molecule has 44 valence electrons. The van der Waals surface area contributed by atoms with Gasteiger partial charge in [-0.2, -0.15) is 0 Å². The molecule has 2 heteroatoms. The summed E-state index contributed by atoms with van der Waals surface area (Å²) in [7, 11) is 0. The molecular weight excluding hydrogens is 102 g/mol. The van der Waals surface area contributed by atoms with Crippen LogP contribution in [0, 0.1) is 6.92 Å². The van der Waals surface area contributed by atoms with Crippen LogP contribution in [0.15, 0.2) is 4.99 Å². The first-order valence-electron chi connectivity index (χ1n) is 2.58. The van der Waals surface area contributed by atoms with Gasteiger partial charge in [0.2, 0.25) is 0 Å². The van der Waals surface area contributed by atoms with Crippen molar-refractivity contribution in [2.45, 2.75) is 19.4 Å². The van der Waals surface area contributed by atoms with Crippen molar-refractivity contribution in [3.05, 3.63) is 6.92 Å². The van der Waals surface area contributed by atoms with Gasteiger partial charge in [-0.05, 0) is 13.8 Å². The third-order valence-electron chi connectivity index (χ3n) is 0.986. The SMILES string of the molecule is [CH]C1=NC(C)(C)CO1. The Bertz CT molecular complexity index is 126. The van der Waals surface area contributed by atoms with Crippen molar-refractivity contribution in [2.75, 3.05) is 6.61 Å². The molecule has 0 aromatic heterocycles. The summed E-state index contributed by atoms with van der Waals surface area (Å²) in [6.45, 7) is 9.81. The molecule has 1 aliphatic rings. The molecule has 0 atom stereocenters. The number of rotatable bonds is 0. The summed E-state index contributed by atoms with van der Waals surface area (Å²) in [6.07, 6.45) is 0. The fraction of sp³-hybridized carbons (Fsp3) is 0.667. The Labute approximate surface area is 49.6 Å². The van der Waals surface area contributed by atoms with E-state index < -0.39 is 0 Å². The molecule has 0 aromatic rings. The van der Waals surface area contributed by atoms with Crippen LogP contribution in [0.5, 0.6) is 0 Å². The lowest BCUT2D eigenvalue weighted by Crippen LogP contribution is -2.17. The second-order valence-electron chi connectivity index (χ2n) is 2.55. The van der Waals surface area contributed by atoms with Crippen molar-refractivity contribution in [1.82, 2.24) is 0 Å². The Balaban J connectivity index is 2.67. The second kappa shape index (κ2) is 1.47. The van der Waals surface area contributed by atoms with E-state index >= 15 is 0 Å². The molecule has 0 unspecified atom stereocenters. The molecule has 0 bridgehead atoms. The van der Waals surface area contributed by atoms with Crippen molar-refractivity contribution in [3.63, 3.8) is 0 Å². The Kier molecular flexibility index (Phi) is 1.03. The van der Waals surface area contributed by atoms with Crippen molar-refractivity contribution >= 4 is 5.90 Å². The fourth-order valence-corrected chi connectivity index (χ4v) is 0.613. The molecule has 1 aliphatic heterocycles. The maximum Gasteiger partial charge on any atom is 0.188 e. The van der Waals surface area contributed by atoms with Crippen LogP contribution in [0.25, 0.3) is 0 Å². The van der Waals surface area contributed by atoms with E-state index in [-0.39, 0.29) is 5.54 Å². The molecule has 8 heavy (non-hydrogen) atoms. The van der Waals surface area contributed by atoms with E-state index in [0.29, 0.717) is 12.5 Å². The van der Waals surface area contributed by atoms with Gasteiger partial charge in [-0.3, -0.25) is 0 Å². The van der Waals surface area contributed by atoms with E-state index in [1.54, 1.807) is 0 Å². The highest BCUT2D eigenvalue weighted by Gasteiger charge is 2.23. The Morgan fingerprint density at radius 2 is 2.38 bits per heavy atom. The van der Waals surface area contributed by atoms with E-state index in [2.05, 4.69) is 4.99 Å². The molecule has 1 heterocycles. The van der Waals surface area contributed by atoms with E-state index in [4.69, 9.17) is 11.7 Å². The molecule has 0 spiro atoms. The Hall–Kier alpha value is -0.530. The number of hydrogen-bond acceptors (Lipinski definition) is 2. The lowest BCUT2D eigenvalue weighted by Gasteiger charge is -2.07. The Morgan fingerprint density at radius 3 is 2.50 bits per heavy atom. The summed E-state index contributed by atoms with van der Waals surface area (Å²) in [5.74, 6) is 0.315. The van der Waals surface area contributed by atoms with Gasteiger partial charge in [-0.15, -0.1) is 0 Å². The van der Waals surface area contributed by atoms with Gasteiger partial charge in [0.15, 0.2) is 5.90 Å². The predicted molar refractivity (Wildman–Crippen MR) is 31.8 cm³/mol. The minimum atomic E-state index is -0.0932. The van der Waals surface area contributed by atoms with Crippen LogP contribution in [-0.4, -0.2) is 18.0 Å². The van der Waals surface area contributed by atoms with E-state index in [0.717, 1.165) is 0 Å². The summed E-state index contributed by atoms with van der Waals surface area (Å²) < 4.78 is 4.90. The van der Waals surface area contributed by atoms with Gasteiger partial charge in [-0.25, -0.2) is 4.99 Å². The minimum Gasteiger partial charge on any atom is -0.478 e. The smallest absolute Gasteiger partial charge is 0.188 e. The predicted octanol–water partition coefficient (Wildman–Crippen LogP) is 0.905. The minimum absolute atomic E-state index is 0.0932. The van der Waals surface area contributed by atoms with Gasteiger partial charge >= 0.3 is 0 Å². The average molecular weight is 111 g/mol. The highest BCUT2D eigenvalue weighted by atomic mass is 16.5. The van der Waals surface area contributed by atoms with Crippen molar-refractivity contribution in [2.24, 2.45) is 4.99 Å². The van der Waals surface area contributed by atoms with Crippen LogP contribution in [-0.2, 0) is 4.74 Å². The molecule has 1 rings (SSSR count). The summed E-state index contributed by atoms with van der Waals surface area (Å²) in [5, 5.41) is 0. The zero-order valence-corrected chi connectivity index (χ0v) is 5.14. The summed E-state index contributed by atoms with van der Waals surface area (Å²) >= 11 is 0. The Morgan fingerprint density at radius 1 is 1.75 bits per heavy atom. The molecular formula is C6H9NO. The maximum atomic E-state index is 5.24. The number of aliphatic imine (C=N–C) groups is 1. The molecule has 0 N–H and O–H groups in total. The summed E-state index contributed by atoms with van der Waals surface area (Å²) in [6, 6.07) is 0. The van der Waals surface area contributed by atoms with Gasteiger partial charge in [0, 0.05) is 0 Å². The molecule has 2 nitrogen and oxygen atoms in total. The van der Waals surface area contributed by atoms with E-state index in [9.17, 15) is 0 Å².